The molecule has 1 N–H and O–H groups in total. The molecule has 0 spiro atoms. The van der Waals surface area contributed by atoms with E-state index in [1.807, 2.05) is 6.07 Å². The number of benzene rings is 1. The molecule has 0 aliphatic heterocycles. The first kappa shape index (κ1) is 18.6. The van der Waals surface area contributed by atoms with Crippen molar-refractivity contribution in [2.45, 2.75) is 58.3 Å². The summed E-state index contributed by atoms with van der Waals surface area (Å²) >= 11 is 0. The number of halogens is 2. The first-order chi connectivity index (χ1) is 9.65. The average Bonchev–Trinajstić information content (AvgIpc) is 2.44. The minimum absolute atomic E-state index is 0.147. The lowest BCUT2D eigenvalue weighted by Crippen LogP contribution is -1.90. The Labute approximate surface area is 119 Å². The van der Waals surface area contributed by atoms with E-state index in [9.17, 15) is 8.78 Å². The number of unbranched alkanes of at least 4 members (excludes halogenated alkanes) is 5. The van der Waals surface area contributed by atoms with Gasteiger partial charge in [-0.05, 0) is 18.4 Å². The maximum Gasteiger partial charge on any atom is 0.290 e. The van der Waals surface area contributed by atoms with Crippen LogP contribution >= 0.6 is 0 Å². The molecule has 0 aromatic heterocycles. The molecule has 114 valence electrons. The Hall–Kier alpha value is -1.45. The third-order valence-electron chi connectivity index (χ3n) is 3.02. The number of carbonyl (C=O) groups is 1. The Balaban J connectivity index is 0.00000110. The second kappa shape index (κ2) is 12.6. The molecule has 0 saturated heterocycles. The Morgan fingerprint density at radius 2 is 1.75 bits per heavy atom. The van der Waals surface area contributed by atoms with Crippen molar-refractivity contribution in [3.8, 4) is 0 Å². The van der Waals surface area contributed by atoms with Crippen molar-refractivity contribution in [1.29, 1.82) is 0 Å². The Bertz CT molecular complexity index is 354. The first-order valence-corrected chi connectivity index (χ1v) is 7.10. The smallest absolute Gasteiger partial charge is 0.290 e. The monoisotopic (exact) mass is 286 g/mol. The number of rotatable bonds is 8. The second-order valence-corrected chi connectivity index (χ2v) is 4.67. The summed E-state index contributed by atoms with van der Waals surface area (Å²) in [5.41, 5.74) is 1.19. The fraction of sp³-hybridized carbons (Fsp3) is 0.562. The van der Waals surface area contributed by atoms with E-state index in [1.54, 1.807) is 12.1 Å². The van der Waals surface area contributed by atoms with Crippen LogP contribution in [0.2, 0.25) is 0 Å². The van der Waals surface area contributed by atoms with Crippen molar-refractivity contribution in [1.82, 2.24) is 0 Å². The van der Waals surface area contributed by atoms with Crippen LogP contribution in [-0.4, -0.2) is 11.6 Å². The molecule has 1 rings (SSSR count). The molecule has 0 amide bonds. The molecule has 0 unspecified atom stereocenters. The summed E-state index contributed by atoms with van der Waals surface area (Å²) in [7, 11) is 0. The van der Waals surface area contributed by atoms with Gasteiger partial charge in [-0.2, -0.15) is 0 Å². The lowest BCUT2D eigenvalue weighted by Gasteiger charge is -2.04. The lowest BCUT2D eigenvalue weighted by molar-refractivity contribution is -0.122. The van der Waals surface area contributed by atoms with Gasteiger partial charge >= 0.3 is 0 Å². The van der Waals surface area contributed by atoms with Gasteiger partial charge in [0, 0.05) is 5.56 Å². The molecule has 0 saturated carbocycles. The maximum absolute atomic E-state index is 12.5. The molecule has 0 fully saturated rings. The number of hydrogen-bond donors (Lipinski definition) is 1. The number of alkyl halides is 2. The van der Waals surface area contributed by atoms with Crippen LogP contribution in [0.5, 0.6) is 0 Å². The standard InChI is InChI=1S/C15H22F2.CH2O2/c1-2-3-4-5-6-7-9-13-10-8-11-14(12-13)15(16)17;2-1-3/h8,10-12,15H,2-7,9H2,1H3;1H,(H,2,3). The van der Waals surface area contributed by atoms with Crippen LogP contribution in [0.1, 0.15) is 63.0 Å². The van der Waals surface area contributed by atoms with E-state index in [0.717, 1.165) is 18.4 Å². The van der Waals surface area contributed by atoms with Gasteiger partial charge in [0.1, 0.15) is 0 Å². The van der Waals surface area contributed by atoms with Gasteiger partial charge in [0.25, 0.3) is 12.9 Å². The predicted octanol–water partition coefficient (Wildman–Crippen LogP) is 5.23. The molecule has 0 bridgehead atoms. The minimum Gasteiger partial charge on any atom is -0.483 e. The predicted molar refractivity (Wildman–Crippen MR) is 77.2 cm³/mol. The van der Waals surface area contributed by atoms with Crippen LogP contribution in [0, 0.1) is 0 Å². The van der Waals surface area contributed by atoms with Gasteiger partial charge in [0.2, 0.25) is 0 Å². The van der Waals surface area contributed by atoms with Crippen LogP contribution < -0.4 is 0 Å². The lowest BCUT2D eigenvalue weighted by atomic mass is 10.0. The third-order valence-corrected chi connectivity index (χ3v) is 3.02. The fourth-order valence-electron chi connectivity index (χ4n) is 1.99. The molecule has 4 heteroatoms. The molecular weight excluding hydrogens is 262 g/mol. The van der Waals surface area contributed by atoms with E-state index >= 15 is 0 Å². The van der Waals surface area contributed by atoms with Crippen LogP contribution in [0.4, 0.5) is 8.78 Å². The van der Waals surface area contributed by atoms with Gasteiger partial charge in [-0.25, -0.2) is 8.78 Å². The van der Waals surface area contributed by atoms with Gasteiger partial charge in [-0.3, -0.25) is 4.79 Å². The van der Waals surface area contributed by atoms with Crippen LogP contribution in [0.15, 0.2) is 24.3 Å². The normalized spacial score (nSPS) is 10.0. The zero-order valence-corrected chi connectivity index (χ0v) is 12.0. The first-order valence-electron chi connectivity index (χ1n) is 7.10. The highest BCUT2D eigenvalue weighted by Gasteiger charge is 2.06. The van der Waals surface area contributed by atoms with Crippen molar-refractivity contribution in [2.75, 3.05) is 0 Å². The molecule has 0 atom stereocenters. The molecule has 1 aromatic rings. The second-order valence-electron chi connectivity index (χ2n) is 4.67. The van der Waals surface area contributed by atoms with Gasteiger partial charge in [0.15, 0.2) is 0 Å². The topological polar surface area (TPSA) is 37.3 Å². The minimum atomic E-state index is -2.35. The average molecular weight is 286 g/mol. The summed E-state index contributed by atoms with van der Waals surface area (Å²) in [6.07, 6.45) is 6.02. The Kier molecular flexibility index (Phi) is 11.7. The number of hydrogen-bond acceptors (Lipinski definition) is 1. The SMILES string of the molecule is CCCCCCCCc1cccc(C(F)F)c1.O=CO. The molecule has 0 aliphatic carbocycles. The molecule has 2 nitrogen and oxygen atoms in total. The molecule has 0 radical (unpaired) electrons. The van der Waals surface area contributed by atoms with Crippen LogP contribution in [0.3, 0.4) is 0 Å². The fourth-order valence-corrected chi connectivity index (χ4v) is 1.99. The third kappa shape index (κ3) is 9.48. The van der Waals surface area contributed by atoms with Gasteiger partial charge in [0.05, 0.1) is 0 Å². The summed E-state index contributed by atoms with van der Waals surface area (Å²) in [5.74, 6) is 0. The maximum atomic E-state index is 12.5. The van der Waals surface area contributed by atoms with E-state index in [1.165, 1.54) is 38.2 Å². The van der Waals surface area contributed by atoms with Crippen molar-refractivity contribution >= 4 is 6.47 Å². The molecular formula is C16H24F2O2. The van der Waals surface area contributed by atoms with Crippen LogP contribution in [-0.2, 0) is 11.2 Å². The van der Waals surface area contributed by atoms with Gasteiger partial charge < -0.3 is 5.11 Å². The highest BCUT2D eigenvalue weighted by atomic mass is 19.3. The summed E-state index contributed by atoms with van der Waals surface area (Å²) in [4.78, 5) is 8.36. The summed E-state index contributed by atoms with van der Waals surface area (Å²) in [5, 5.41) is 6.89. The molecule has 1 aromatic carbocycles. The highest BCUT2D eigenvalue weighted by Crippen LogP contribution is 2.20. The van der Waals surface area contributed by atoms with Crippen LogP contribution in [0.25, 0.3) is 0 Å². The molecule has 0 heterocycles. The van der Waals surface area contributed by atoms with E-state index < -0.39 is 6.43 Å². The Morgan fingerprint density at radius 3 is 2.35 bits per heavy atom. The van der Waals surface area contributed by atoms with Gasteiger partial charge in [-0.15, -0.1) is 0 Å². The van der Waals surface area contributed by atoms with E-state index in [4.69, 9.17) is 9.90 Å². The zero-order valence-electron chi connectivity index (χ0n) is 12.0. The molecule has 20 heavy (non-hydrogen) atoms. The zero-order chi connectivity index (χ0) is 15.2. The van der Waals surface area contributed by atoms with Crippen molar-refractivity contribution in [2.24, 2.45) is 0 Å². The summed E-state index contributed by atoms with van der Waals surface area (Å²) < 4.78 is 24.9. The van der Waals surface area contributed by atoms with Gasteiger partial charge in [-0.1, -0.05) is 63.3 Å². The summed E-state index contributed by atoms with van der Waals surface area (Å²) in [6.45, 7) is 1.95. The Morgan fingerprint density at radius 1 is 1.15 bits per heavy atom. The largest absolute Gasteiger partial charge is 0.483 e. The van der Waals surface area contributed by atoms with Crippen molar-refractivity contribution in [3.05, 3.63) is 35.4 Å². The van der Waals surface area contributed by atoms with E-state index in [-0.39, 0.29) is 12.0 Å². The van der Waals surface area contributed by atoms with E-state index in [2.05, 4.69) is 6.92 Å². The number of carboxylic acid groups (broad SMARTS) is 1. The quantitative estimate of drug-likeness (QED) is 0.525. The summed E-state index contributed by atoms with van der Waals surface area (Å²) in [6, 6.07) is 6.80. The molecule has 0 aliphatic rings. The van der Waals surface area contributed by atoms with Crippen molar-refractivity contribution < 1.29 is 18.7 Å². The van der Waals surface area contributed by atoms with E-state index in [0.29, 0.717) is 0 Å². The highest BCUT2D eigenvalue weighted by molar-refractivity contribution is 5.32. The number of aryl methyl sites for hydroxylation is 1. The van der Waals surface area contributed by atoms with Crippen molar-refractivity contribution in [3.63, 3.8) is 0 Å².